The maximum atomic E-state index is 13.5. The summed E-state index contributed by atoms with van der Waals surface area (Å²) in [6.45, 7) is 0. The molecule has 112 valence electrons. The number of aromatic nitrogens is 1. The minimum Gasteiger partial charge on any atom is -0.436 e. The predicted molar refractivity (Wildman–Crippen MR) is 70.1 cm³/mol. The van der Waals surface area contributed by atoms with E-state index in [9.17, 15) is 17.6 Å². The van der Waals surface area contributed by atoms with Gasteiger partial charge in [-0.05, 0) is 40.2 Å². The van der Waals surface area contributed by atoms with Crippen molar-refractivity contribution in [2.45, 2.75) is 6.36 Å². The number of ether oxygens (including phenoxy) is 2. The third-order valence-corrected chi connectivity index (χ3v) is 2.94. The van der Waals surface area contributed by atoms with E-state index in [4.69, 9.17) is 16.3 Å². The van der Waals surface area contributed by atoms with Crippen LogP contribution in [0.1, 0.15) is 0 Å². The fourth-order valence-corrected chi connectivity index (χ4v) is 1.92. The summed E-state index contributed by atoms with van der Waals surface area (Å²) in [7, 11) is 0. The molecule has 0 aliphatic heterocycles. The van der Waals surface area contributed by atoms with Crippen molar-refractivity contribution >= 4 is 27.5 Å². The quantitative estimate of drug-likeness (QED) is 0.668. The molecule has 0 bridgehead atoms. The highest BCUT2D eigenvalue weighted by atomic mass is 79.9. The summed E-state index contributed by atoms with van der Waals surface area (Å²) in [6.07, 6.45) is -3.63. The third kappa shape index (κ3) is 4.47. The summed E-state index contributed by atoms with van der Waals surface area (Å²) in [6, 6.07) is 4.40. The van der Waals surface area contributed by atoms with Crippen LogP contribution in [-0.4, -0.2) is 11.3 Å². The lowest BCUT2D eigenvalue weighted by atomic mass is 10.3. The number of rotatable bonds is 3. The maximum Gasteiger partial charge on any atom is 0.573 e. The summed E-state index contributed by atoms with van der Waals surface area (Å²) in [5, 5.41) is 0.0926. The summed E-state index contributed by atoms with van der Waals surface area (Å²) in [4.78, 5) is 3.63. The molecule has 0 saturated heterocycles. The first-order valence-electron chi connectivity index (χ1n) is 5.29. The van der Waals surface area contributed by atoms with Crippen molar-refractivity contribution in [2.75, 3.05) is 0 Å². The standard InChI is InChI=1S/C12H5BrClF4NO2/c13-8-4-7(1-2-10(8)21-12(16,17)18)20-11-9(15)3-6(14)5-19-11/h1-5H. The molecule has 9 heteroatoms. The van der Waals surface area contributed by atoms with Crippen LogP contribution >= 0.6 is 27.5 Å². The van der Waals surface area contributed by atoms with Crippen molar-refractivity contribution in [1.82, 2.24) is 4.98 Å². The summed E-state index contributed by atoms with van der Waals surface area (Å²) < 4.78 is 58.7. The van der Waals surface area contributed by atoms with E-state index in [1.165, 1.54) is 18.3 Å². The Hall–Kier alpha value is -1.54. The monoisotopic (exact) mass is 385 g/mol. The topological polar surface area (TPSA) is 31.4 Å². The van der Waals surface area contributed by atoms with E-state index < -0.39 is 17.9 Å². The molecule has 0 unspecified atom stereocenters. The lowest BCUT2D eigenvalue weighted by Gasteiger charge is -2.12. The Bertz CT molecular complexity index is 666. The summed E-state index contributed by atoms with van der Waals surface area (Å²) >= 11 is 8.44. The van der Waals surface area contributed by atoms with E-state index in [2.05, 4.69) is 25.7 Å². The first kappa shape index (κ1) is 15.8. The molecule has 2 aromatic rings. The van der Waals surface area contributed by atoms with E-state index in [0.717, 1.165) is 12.1 Å². The van der Waals surface area contributed by atoms with E-state index in [0.29, 0.717) is 0 Å². The fraction of sp³-hybridized carbons (Fsp3) is 0.0833. The molecule has 3 nitrogen and oxygen atoms in total. The Balaban J connectivity index is 2.20. The van der Waals surface area contributed by atoms with E-state index in [1.807, 2.05) is 0 Å². The first-order valence-corrected chi connectivity index (χ1v) is 6.46. The van der Waals surface area contributed by atoms with Gasteiger partial charge in [-0.3, -0.25) is 0 Å². The fourth-order valence-electron chi connectivity index (χ4n) is 1.34. The molecule has 1 aromatic carbocycles. The number of pyridine rings is 1. The van der Waals surface area contributed by atoms with Gasteiger partial charge in [0.15, 0.2) is 5.82 Å². The largest absolute Gasteiger partial charge is 0.573 e. The molecule has 1 aromatic heterocycles. The highest BCUT2D eigenvalue weighted by Crippen LogP contribution is 2.34. The Kier molecular flexibility index (Phi) is 4.58. The zero-order valence-electron chi connectivity index (χ0n) is 9.92. The summed E-state index contributed by atoms with van der Waals surface area (Å²) in [5.41, 5.74) is 0. The van der Waals surface area contributed by atoms with E-state index in [1.54, 1.807) is 0 Å². The Morgan fingerprint density at radius 3 is 2.48 bits per heavy atom. The second-order valence-corrected chi connectivity index (χ2v) is 4.97. The van der Waals surface area contributed by atoms with Crippen LogP contribution < -0.4 is 9.47 Å². The predicted octanol–water partition coefficient (Wildman–Crippen LogP) is 5.33. The van der Waals surface area contributed by atoms with Gasteiger partial charge in [-0.25, -0.2) is 9.37 Å². The van der Waals surface area contributed by atoms with Crippen molar-refractivity contribution < 1.29 is 27.0 Å². The van der Waals surface area contributed by atoms with E-state index in [-0.39, 0.29) is 21.1 Å². The van der Waals surface area contributed by atoms with Gasteiger partial charge in [-0.2, -0.15) is 0 Å². The van der Waals surface area contributed by atoms with Gasteiger partial charge in [0.2, 0.25) is 0 Å². The van der Waals surface area contributed by atoms with Crippen LogP contribution in [0.5, 0.6) is 17.4 Å². The molecule has 1 heterocycles. The highest BCUT2D eigenvalue weighted by Gasteiger charge is 2.32. The van der Waals surface area contributed by atoms with Crippen LogP contribution in [-0.2, 0) is 0 Å². The van der Waals surface area contributed by atoms with Gasteiger partial charge in [0.05, 0.1) is 9.50 Å². The first-order chi connectivity index (χ1) is 9.74. The van der Waals surface area contributed by atoms with Crippen molar-refractivity contribution in [3.05, 3.63) is 45.8 Å². The van der Waals surface area contributed by atoms with Crippen LogP contribution in [0.25, 0.3) is 0 Å². The molecular formula is C12H5BrClF4NO2. The average Bonchev–Trinajstić information content (AvgIpc) is 2.35. The number of hydrogen-bond acceptors (Lipinski definition) is 3. The SMILES string of the molecule is Fc1cc(Cl)cnc1Oc1ccc(OC(F)(F)F)c(Br)c1. The smallest absolute Gasteiger partial charge is 0.436 e. The number of hydrogen-bond donors (Lipinski definition) is 0. The van der Waals surface area contributed by atoms with Crippen molar-refractivity contribution in [3.8, 4) is 17.4 Å². The zero-order valence-corrected chi connectivity index (χ0v) is 12.3. The number of halogens is 6. The van der Waals surface area contributed by atoms with Crippen molar-refractivity contribution in [1.29, 1.82) is 0 Å². The maximum absolute atomic E-state index is 13.5. The molecule has 0 saturated carbocycles. The van der Waals surface area contributed by atoms with Crippen LogP contribution in [0.3, 0.4) is 0 Å². The van der Waals surface area contributed by atoms with Crippen LogP contribution in [0.4, 0.5) is 17.6 Å². The minimum absolute atomic E-state index is 0.00769. The molecule has 2 rings (SSSR count). The number of benzene rings is 1. The highest BCUT2D eigenvalue weighted by molar-refractivity contribution is 9.10. The second kappa shape index (κ2) is 6.07. The number of nitrogens with zero attached hydrogens (tertiary/aromatic N) is 1. The van der Waals surface area contributed by atoms with Gasteiger partial charge >= 0.3 is 6.36 Å². The average molecular weight is 387 g/mol. The molecular weight excluding hydrogens is 381 g/mol. The van der Waals surface area contributed by atoms with Gasteiger partial charge in [0.1, 0.15) is 11.5 Å². The molecule has 0 radical (unpaired) electrons. The molecule has 0 atom stereocenters. The molecule has 21 heavy (non-hydrogen) atoms. The van der Waals surface area contributed by atoms with Gasteiger partial charge in [-0.15, -0.1) is 13.2 Å². The van der Waals surface area contributed by atoms with Gasteiger partial charge < -0.3 is 9.47 Å². The zero-order chi connectivity index (χ0) is 15.6. The normalized spacial score (nSPS) is 11.3. The Morgan fingerprint density at radius 1 is 1.19 bits per heavy atom. The van der Waals surface area contributed by atoms with E-state index >= 15 is 0 Å². The Morgan fingerprint density at radius 2 is 1.90 bits per heavy atom. The molecule has 0 fully saturated rings. The molecule has 0 aliphatic carbocycles. The Labute approximate surface area is 129 Å². The van der Waals surface area contributed by atoms with Crippen molar-refractivity contribution in [2.24, 2.45) is 0 Å². The molecule has 0 spiro atoms. The van der Waals surface area contributed by atoms with Gasteiger partial charge in [0.25, 0.3) is 5.88 Å². The van der Waals surface area contributed by atoms with Gasteiger partial charge in [0, 0.05) is 6.20 Å². The molecule has 0 amide bonds. The van der Waals surface area contributed by atoms with Crippen LogP contribution in [0, 0.1) is 5.82 Å². The minimum atomic E-state index is -4.81. The molecule has 0 N–H and O–H groups in total. The summed E-state index contributed by atoms with van der Waals surface area (Å²) in [5.74, 6) is -1.52. The lowest BCUT2D eigenvalue weighted by Crippen LogP contribution is -2.17. The van der Waals surface area contributed by atoms with Crippen LogP contribution in [0.2, 0.25) is 5.02 Å². The van der Waals surface area contributed by atoms with Crippen molar-refractivity contribution in [3.63, 3.8) is 0 Å². The second-order valence-electron chi connectivity index (χ2n) is 3.68. The molecule has 0 aliphatic rings. The number of alkyl halides is 3. The van der Waals surface area contributed by atoms with Gasteiger partial charge in [-0.1, -0.05) is 11.6 Å². The van der Waals surface area contributed by atoms with Crippen LogP contribution in [0.15, 0.2) is 34.9 Å². The third-order valence-electron chi connectivity index (χ3n) is 2.12. The lowest BCUT2D eigenvalue weighted by molar-refractivity contribution is -0.274.